The van der Waals surface area contributed by atoms with Crippen molar-refractivity contribution in [1.29, 1.82) is 0 Å². The number of carbonyl (C=O) groups excluding carboxylic acids is 2. The molecule has 0 unspecified atom stereocenters. The monoisotopic (exact) mass is 406 g/mol. The Morgan fingerprint density at radius 2 is 2.27 bits per heavy atom. The fourth-order valence-corrected chi connectivity index (χ4v) is 5.10. The van der Waals surface area contributed by atoms with Crippen molar-refractivity contribution in [3.05, 3.63) is 65.5 Å². The van der Waals surface area contributed by atoms with E-state index in [1.54, 1.807) is 18.1 Å². The van der Waals surface area contributed by atoms with E-state index in [0.29, 0.717) is 19.6 Å². The smallest absolute Gasteiger partial charge is 0.230 e. The highest BCUT2D eigenvalue weighted by Crippen LogP contribution is 2.52. The molecule has 2 amide bonds. The number of hydrogen-bond acceptors (Lipinski definition) is 4. The molecule has 1 aromatic carbocycles. The average Bonchev–Trinajstić information content (AvgIpc) is 3.49. The van der Waals surface area contributed by atoms with Crippen LogP contribution in [0, 0.1) is 18.8 Å². The van der Waals surface area contributed by atoms with Crippen LogP contribution in [0.25, 0.3) is 0 Å². The molecule has 0 saturated carbocycles. The van der Waals surface area contributed by atoms with E-state index in [1.165, 1.54) is 5.56 Å². The molecule has 1 aromatic heterocycles. The van der Waals surface area contributed by atoms with Gasteiger partial charge in [-0.3, -0.25) is 14.7 Å². The normalized spacial score (nSPS) is 28.9. The number of carbonyl (C=O) groups is 2. The van der Waals surface area contributed by atoms with Crippen LogP contribution in [0.15, 0.2) is 48.8 Å². The Morgan fingerprint density at radius 1 is 1.40 bits per heavy atom. The largest absolute Gasteiger partial charge is 0.360 e. The van der Waals surface area contributed by atoms with Crippen LogP contribution in [-0.4, -0.2) is 63.7 Å². The van der Waals surface area contributed by atoms with Crippen molar-refractivity contribution in [2.45, 2.75) is 31.6 Å². The van der Waals surface area contributed by atoms with Gasteiger partial charge in [-0.05, 0) is 24.5 Å². The van der Waals surface area contributed by atoms with E-state index in [4.69, 9.17) is 4.74 Å². The number of H-pyrrole nitrogens is 1. The molecule has 2 aromatic rings. The lowest BCUT2D eigenvalue weighted by atomic mass is 9.76. The van der Waals surface area contributed by atoms with Crippen molar-refractivity contribution in [3.63, 3.8) is 0 Å². The minimum Gasteiger partial charge on any atom is -0.360 e. The third-order valence-corrected chi connectivity index (χ3v) is 6.59. The number of ether oxygens (including phenoxy) is 1. The molecule has 4 atom stereocenters. The zero-order valence-electron chi connectivity index (χ0n) is 17.2. The van der Waals surface area contributed by atoms with Crippen LogP contribution in [-0.2, 0) is 27.3 Å². The van der Waals surface area contributed by atoms with Gasteiger partial charge in [0.15, 0.2) is 0 Å². The van der Waals surface area contributed by atoms with Crippen LogP contribution < -0.4 is 0 Å². The van der Waals surface area contributed by atoms with E-state index in [2.05, 4.69) is 16.3 Å². The number of aryl methyl sites for hydroxylation is 1. The quantitative estimate of drug-likeness (QED) is 0.741. The fraction of sp³-hybridized carbons (Fsp3) is 0.435. The Labute approximate surface area is 175 Å². The molecule has 1 N–H and O–H groups in total. The average molecular weight is 406 g/mol. The highest BCUT2D eigenvalue weighted by molar-refractivity contribution is 5.93. The zero-order chi connectivity index (χ0) is 20.9. The van der Waals surface area contributed by atoms with Crippen LogP contribution in [0.5, 0.6) is 0 Å². The van der Waals surface area contributed by atoms with Gasteiger partial charge in [0.1, 0.15) is 5.60 Å². The number of aromatic amines is 1. The van der Waals surface area contributed by atoms with Crippen molar-refractivity contribution in [3.8, 4) is 0 Å². The first-order chi connectivity index (χ1) is 14.5. The summed E-state index contributed by atoms with van der Waals surface area (Å²) in [6, 6.07) is 8.18. The fourth-order valence-electron chi connectivity index (χ4n) is 5.10. The molecule has 0 aliphatic carbocycles. The zero-order valence-corrected chi connectivity index (χ0v) is 17.2. The molecule has 4 heterocycles. The molecule has 156 valence electrons. The van der Waals surface area contributed by atoms with Gasteiger partial charge in [0.2, 0.25) is 11.8 Å². The predicted molar refractivity (Wildman–Crippen MR) is 110 cm³/mol. The molecule has 0 radical (unpaired) electrons. The van der Waals surface area contributed by atoms with Gasteiger partial charge in [-0.1, -0.05) is 42.0 Å². The van der Waals surface area contributed by atoms with Gasteiger partial charge in [-0.25, -0.2) is 0 Å². The van der Waals surface area contributed by atoms with Crippen LogP contribution in [0.4, 0.5) is 0 Å². The minimum absolute atomic E-state index is 0.0185. The van der Waals surface area contributed by atoms with Crippen LogP contribution >= 0.6 is 0 Å². The maximum atomic E-state index is 13.4. The standard InChI is InChI=1S/C23H26N4O3/c1-15-4-3-5-16(10-15)13-27-14-23-8-6-18(30-23)19(20(23)22(27)29)21(28)26(2)9-7-17-11-24-25-12-17/h3-6,8,10-12,18-20H,7,9,13-14H2,1-2H3,(H,24,25)/t18-,19-,20-,23-/m0/s1. The number of rotatable bonds is 6. The highest BCUT2D eigenvalue weighted by Gasteiger charge is 2.67. The molecule has 2 fully saturated rings. The summed E-state index contributed by atoms with van der Waals surface area (Å²) < 4.78 is 6.24. The Kier molecular flexibility index (Phi) is 4.50. The van der Waals surface area contributed by atoms with Gasteiger partial charge in [0.05, 0.1) is 30.7 Å². The number of amides is 2. The second-order valence-corrected chi connectivity index (χ2v) is 8.70. The third-order valence-electron chi connectivity index (χ3n) is 6.59. The van der Waals surface area contributed by atoms with Crippen LogP contribution in [0.2, 0.25) is 0 Å². The maximum absolute atomic E-state index is 13.4. The van der Waals surface area contributed by atoms with Gasteiger partial charge in [-0.2, -0.15) is 5.10 Å². The number of nitrogens with one attached hydrogen (secondary N) is 1. The molecule has 3 aliphatic rings. The summed E-state index contributed by atoms with van der Waals surface area (Å²) >= 11 is 0. The molecule has 30 heavy (non-hydrogen) atoms. The van der Waals surface area contributed by atoms with Crippen molar-refractivity contribution in [2.24, 2.45) is 11.8 Å². The van der Waals surface area contributed by atoms with E-state index in [1.807, 2.05) is 48.4 Å². The first-order valence-electron chi connectivity index (χ1n) is 10.4. The lowest BCUT2D eigenvalue weighted by molar-refractivity contribution is -0.142. The van der Waals surface area contributed by atoms with Gasteiger partial charge in [0, 0.05) is 26.3 Å². The third kappa shape index (κ3) is 3.04. The SMILES string of the molecule is Cc1cccc(CN2C[C@]34C=C[C@H](O3)[C@H](C(=O)N(C)CCc3cn[nH]c3)[C@H]4C2=O)c1. The number of hydrogen-bond donors (Lipinski definition) is 1. The first kappa shape index (κ1) is 19.1. The van der Waals surface area contributed by atoms with Crippen molar-refractivity contribution in [2.75, 3.05) is 20.1 Å². The summed E-state index contributed by atoms with van der Waals surface area (Å²) in [6.07, 6.45) is 7.97. The molecule has 7 nitrogen and oxygen atoms in total. The summed E-state index contributed by atoms with van der Waals surface area (Å²) in [7, 11) is 1.80. The van der Waals surface area contributed by atoms with Crippen molar-refractivity contribution < 1.29 is 14.3 Å². The topological polar surface area (TPSA) is 78.5 Å². The van der Waals surface area contributed by atoms with Gasteiger partial charge < -0.3 is 14.5 Å². The van der Waals surface area contributed by atoms with Crippen LogP contribution in [0.1, 0.15) is 16.7 Å². The Bertz CT molecular complexity index is 1000. The second-order valence-electron chi connectivity index (χ2n) is 8.70. The summed E-state index contributed by atoms with van der Waals surface area (Å²) in [6.45, 7) is 3.66. The maximum Gasteiger partial charge on any atom is 0.230 e. The molecular formula is C23H26N4O3. The Balaban J connectivity index is 1.32. The molecule has 2 saturated heterocycles. The van der Waals surface area contributed by atoms with E-state index in [-0.39, 0.29) is 17.9 Å². The molecular weight excluding hydrogens is 380 g/mol. The van der Waals surface area contributed by atoms with Crippen molar-refractivity contribution >= 4 is 11.8 Å². The lowest BCUT2D eigenvalue weighted by Gasteiger charge is -2.27. The van der Waals surface area contributed by atoms with Gasteiger partial charge >= 0.3 is 0 Å². The molecule has 5 rings (SSSR count). The number of benzene rings is 1. The predicted octanol–water partition coefficient (Wildman–Crippen LogP) is 1.70. The number of nitrogens with zero attached hydrogens (tertiary/aromatic N) is 3. The number of aromatic nitrogens is 2. The second kappa shape index (κ2) is 7.09. The molecule has 3 aliphatic heterocycles. The molecule has 2 bridgehead atoms. The summed E-state index contributed by atoms with van der Waals surface area (Å²) in [5.41, 5.74) is 2.65. The lowest BCUT2D eigenvalue weighted by Crippen LogP contribution is -2.45. The molecule has 1 spiro atoms. The van der Waals surface area contributed by atoms with Gasteiger partial charge in [-0.15, -0.1) is 0 Å². The highest BCUT2D eigenvalue weighted by atomic mass is 16.5. The summed E-state index contributed by atoms with van der Waals surface area (Å²) in [5.74, 6) is -0.907. The Morgan fingerprint density at radius 3 is 3.03 bits per heavy atom. The molecule has 7 heteroatoms. The minimum atomic E-state index is -0.669. The first-order valence-corrected chi connectivity index (χ1v) is 10.4. The van der Waals surface area contributed by atoms with E-state index in [9.17, 15) is 9.59 Å². The van der Waals surface area contributed by atoms with Gasteiger partial charge in [0.25, 0.3) is 0 Å². The van der Waals surface area contributed by atoms with E-state index < -0.39 is 17.4 Å². The number of likely N-dealkylation sites (N-methyl/N-ethyl adjacent to an activating group) is 1. The van der Waals surface area contributed by atoms with Crippen LogP contribution in [0.3, 0.4) is 0 Å². The van der Waals surface area contributed by atoms with E-state index >= 15 is 0 Å². The van der Waals surface area contributed by atoms with Crippen molar-refractivity contribution in [1.82, 2.24) is 20.0 Å². The summed E-state index contributed by atoms with van der Waals surface area (Å²) in [4.78, 5) is 30.2. The summed E-state index contributed by atoms with van der Waals surface area (Å²) in [5, 5.41) is 6.74. The number of fused-ring (bicyclic) bond motifs is 1. The Hall–Kier alpha value is -2.93. The van der Waals surface area contributed by atoms with E-state index in [0.717, 1.165) is 17.5 Å². The number of likely N-dealkylation sites (tertiary alicyclic amines) is 1.